The number of carbonyl (C=O) groups excluding carboxylic acids is 3. The molecule has 0 bridgehead atoms. The van der Waals surface area contributed by atoms with Crippen LogP contribution in [0.5, 0.6) is 0 Å². The first-order valence-electron chi connectivity index (χ1n) is 13.2. The first kappa shape index (κ1) is 30.4. The lowest BCUT2D eigenvalue weighted by Crippen LogP contribution is -2.56. The fraction of sp³-hybridized carbons (Fsp3) is 0.741. The van der Waals surface area contributed by atoms with Crippen molar-refractivity contribution in [2.24, 2.45) is 40.4 Å². The Morgan fingerprint density at radius 1 is 1.21 bits per heavy atom. The molecule has 0 aliphatic heterocycles. The first-order valence-corrected chi connectivity index (χ1v) is 17.8. The van der Waals surface area contributed by atoms with Gasteiger partial charge in [0.2, 0.25) is 11.6 Å². The lowest BCUT2D eigenvalue weighted by molar-refractivity contribution is -0.157. The van der Waals surface area contributed by atoms with Crippen LogP contribution in [0, 0.1) is 40.4 Å². The van der Waals surface area contributed by atoms with Gasteiger partial charge in [-0.2, -0.15) is 0 Å². The molecule has 0 heterocycles. The summed E-state index contributed by atoms with van der Waals surface area (Å²) in [5, 5.41) is 14.4. The highest BCUT2D eigenvalue weighted by Crippen LogP contribution is 2.72. The van der Waals surface area contributed by atoms with Crippen LogP contribution in [0.1, 0.15) is 52.9 Å². The van der Waals surface area contributed by atoms with Gasteiger partial charge in [-0.05, 0) is 86.2 Å². The van der Waals surface area contributed by atoms with Gasteiger partial charge in [0.15, 0.2) is 11.6 Å². The van der Waals surface area contributed by atoms with Crippen LogP contribution in [0.25, 0.3) is 0 Å². The molecule has 5 aliphatic carbocycles. The third-order valence-corrected chi connectivity index (χ3v) is 16.3. The number of allylic oxidation sites excluding steroid dienone is 4. The Morgan fingerprint density at radius 2 is 1.84 bits per heavy atom. The Kier molecular flexibility index (Phi) is 8.56. The Morgan fingerprint density at radius 3 is 2.42 bits per heavy atom. The van der Waals surface area contributed by atoms with Gasteiger partial charge in [0.25, 0.3) is 0 Å². The molecule has 212 valence electrons. The van der Waals surface area contributed by atoms with Crippen molar-refractivity contribution in [1.29, 1.82) is 0 Å². The number of amides is 1. The van der Waals surface area contributed by atoms with Gasteiger partial charge in [-0.15, -0.1) is 0 Å². The predicted octanol–water partition coefficient (Wildman–Crippen LogP) is 5.02. The summed E-state index contributed by atoms with van der Waals surface area (Å²) < 4.78 is 9.94. The van der Waals surface area contributed by atoms with Gasteiger partial charge in [-0.25, -0.2) is 0 Å². The van der Waals surface area contributed by atoms with Crippen molar-refractivity contribution in [3.8, 4) is 0 Å². The second kappa shape index (κ2) is 10.7. The highest BCUT2D eigenvalue weighted by Gasteiger charge is 2.69. The van der Waals surface area contributed by atoms with Gasteiger partial charge in [0, 0.05) is 43.0 Å². The van der Waals surface area contributed by atoms with E-state index in [0.717, 1.165) is 36.3 Å². The molecule has 0 aromatic heterocycles. The third kappa shape index (κ3) is 4.72. The van der Waals surface area contributed by atoms with E-state index in [4.69, 9.17) is 32.5 Å². The van der Waals surface area contributed by atoms with Gasteiger partial charge in [0.1, 0.15) is 5.60 Å². The summed E-state index contributed by atoms with van der Waals surface area (Å²) in [7, 11) is 4.55. The normalized spacial score (nSPS) is 40.7. The number of aliphatic hydroxyl groups is 1. The zero-order chi connectivity index (χ0) is 28.3. The van der Waals surface area contributed by atoms with Gasteiger partial charge < -0.3 is 19.5 Å². The molecular formula is C27H39ClNO6PS2. The van der Waals surface area contributed by atoms with Gasteiger partial charge in [-0.3, -0.25) is 14.4 Å². The van der Waals surface area contributed by atoms with E-state index in [9.17, 15) is 19.5 Å². The quantitative estimate of drug-likeness (QED) is 0.408. The van der Waals surface area contributed by atoms with Gasteiger partial charge in [-0.1, -0.05) is 42.9 Å². The van der Waals surface area contributed by atoms with Crippen LogP contribution in [0.4, 0.5) is 0 Å². The summed E-state index contributed by atoms with van der Waals surface area (Å²) in [5.41, 5.74) is -2.82. The van der Waals surface area contributed by atoms with E-state index < -0.39 is 11.3 Å². The van der Waals surface area contributed by atoms with E-state index in [1.165, 1.54) is 32.5 Å². The van der Waals surface area contributed by atoms with Crippen LogP contribution < -0.4 is 5.32 Å². The minimum atomic E-state index is -2.26. The van der Waals surface area contributed by atoms with Crippen LogP contribution in [-0.2, 0) is 35.2 Å². The summed E-state index contributed by atoms with van der Waals surface area (Å²) >= 11 is 13.0. The maximum atomic E-state index is 12.3. The van der Waals surface area contributed by atoms with E-state index in [1.807, 2.05) is 6.08 Å². The second-order valence-corrected chi connectivity index (χ2v) is 18.6. The van der Waals surface area contributed by atoms with Gasteiger partial charge in [0.05, 0.1) is 5.75 Å². The largest absolute Gasteiger partial charge is 0.382 e. The highest BCUT2D eigenvalue weighted by molar-refractivity contribution is 8.68. The molecule has 5 rings (SSSR count). The molecular weight excluding hydrogens is 565 g/mol. The summed E-state index contributed by atoms with van der Waals surface area (Å²) in [5.74, 6) is 1.97. The number of hydrogen-bond acceptors (Lipinski definition) is 8. The fourth-order valence-corrected chi connectivity index (χ4v) is 11.1. The minimum absolute atomic E-state index is 0.0344. The maximum Gasteiger partial charge on any atom is 0.247 e. The van der Waals surface area contributed by atoms with Crippen molar-refractivity contribution in [1.82, 2.24) is 5.32 Å². The fourth-order valence-electron chi connectivity index (χ4n) is 7.95. The van der Waals surface area contributed by atoms with Crippen molar-refractivity contribution in [3.05, 3.63) is 22.8 Å². The second-order valence-electron chi connectivity index (χ2n) is 11.7. The van der Waals surface area contributed by atoms with E-state index in [1.54, 1.807) is 7.05 Å². The van der Waals surface area contributed by atoms with Crippen molar-refractivity contribution < 1.29 is 28.5 Å². The molecule has 7 nitrogen and oxygen atoms in total. The number of carbonyl (C=O) groups is 3. The molecule has 2 N–H and O–H groups in total. The molecule has 1 amide bonds. The standard InChI is InChI=1S/C22H27ClO3.C5H12NO3PS2/c1-11(24)22(26)7-5-14-12-9-18(23)17-10-19(25)13-8-16(13)21(17,3)15(12)4-6-20(14,22)2;1-6-5(7)4-12-10(11,8-2)9-3/h9-10,12-16,26H,4-8H2,1-3H3;4H2,1-3H3,(H,6,7)/t12-,13+,14-,15-,16-,20-,21-,22-;/m0./s1. The van der Waals surface area contributed by atoms with Crippen LogP contribution in [-0.4, -0.2) is 55.2 Å². The molecule has 11 heteroatoms. The number of halogens is 1. The van der Waals surface area contributed by atoms with Crippen LogP contribution >= 0.6 is 28.7 Å². The molecule has 0 spiro atoms. The Balaban J connectivity index is 0.000000240. The summed E-state index contributed by atoms with van der Waals surface area (Å²) in [6, 6.07) is 0. The monoisotopic (exact) mass is 603 g/mol. The molecule has 0 radical (unpaired) electrons. The van der Waals surface area contributed by atoms with E-state index in [2.05, 4.69) is 25.2 Å². The smallest absolute Gasteiger partial charge is 0.247 e. The lowest BCUT2D eigenvalue weighted by Gasteiger charge is -2.57. The number of rotatable bonds is 6. The summed E-state index contributed by atoms with van der Waals surface area (Å²) in [6.07, 6.45) is 8.25. The van der Waals surface area contributed by atoms with Crippen LogP contribution in [0.3, 0.4) is 0 Å². The zero-order valence-electron chi connectivity index (χ0n) is 22.9. The number of hydrogen-bond donors (Lipinski definition) is 2. The molecule has 0 saturated heterocycles. The molecule has 8 atom stereocenters. The van der Waals surface area contributed by atoms with Gasteiger partial charge >= 0.3 is 0 Å². The van der Waals surface area contributed by atoms with Crippen LogP contribution in [0.2, 0.25) is 0 Å². The number of ketones is 2. The minimum Gasteiger partial charge on any atom is -0.382 e. The topological polar surface area (TPSA) is 102 Å². The molecule has 0 aromatic rings. The van der Waals surface area contributed by atoms with Crippen molar-refractivity contribution >= 4 is 58.0 Å². The zero-order valence-corrected chi connectivity index (χ0v) is 26.2. The molecule has 0 unspecified atom stereocenters. The molecule has 3 fully saturated rings. The molecule has 5 aliphatic rings. The molecule has 38 heavy (non-hydrogen) atoms. The summed E-state index contributed by atoms with van der Waals surface area (Å²) in [4.78, 5) is 35.4. The number of fused-ring (bicyclic) bond motifs is 7. The lowest BCUT2D eigenvalue weighted by atomic mass is 9.47. The maximum absolute atomic E-state index is 12.3. The predicted molar refractivity (Wildman–Crippen MR) is 154 cm³/mol. The third-order valence-electron chi connectivity index (χ3n) is 10.3. The number of Topliss-reactive ketones (excluding diaryl/α,β-unsaturated/α-hetero) is 1. The molecule has 0 aromatic carbocycles. The van der Waals surface area contributed by atoms with Crippen molar-refractivity contribution in [2.45, 2.75) is 58.5 Å². The Labute approximate surface area is 239 Å². The van der Waals surface area contributed by atoms with Crippen molar-refractivity contribution in [3.63, 3.8) is 0 Å². The van der Waals surface area contributed by atoms with Crippen molar-refractivity contribution in [2.75, 3.05) is 27.0 Å². The van der Waals surface area contributed by atoms with E-state index in [0.29, 0.717) is 18.3 Å². The van der Waals surface area contributed by atoms with Crippen LogP contribution in [0.15, 0.2) is 22.8 Å². The highest BCUT2D eigenvalue weighted by atomic mass is 35.5. The van der Waals surface area contributed by atoms with E-state index in [-0.39, 0.29) is 51.8 Å². The molecule has 3 saturated carbocycles. The SMILES string of the molecule is CC(=O)[C@@]1(O)CC[C@H]2[C@@H]3C=C(Cl)C4=CC(=O)[C@@H]5C[C@@H]5[C@]4(C)[C@H]3CC[C@@]21C.CNC(=O)CSP(=S)(OC)OC. The average Bonchev–Trinajstić information content (AvgIpc) is 3.66. The first-order chi connectivity index (χ1) is 17.7. The average molecular weight is 604 g/mol. The van der Waals surface area contributed by atoms with E-state index >= 15 is 0 Å². The Bertz CT molecular complexity index is 1140. The Hall–Kier alpha value is -0.540. The number of nitrogens with one attached hydrogen (secondary N) is 1. The summed E-state index contributed by atoms with van der Waals surface area (Å²) in [6.45, 7) is 5.97.